The molecule has 5 nitrogen and oxygen atoms in total. The summed E-state index contributed by atoms with van der Waals surface area (Å²) in [5.74, 6) is -2.17. The predicted molar refractivity (Wildman–Crippen MR) is 25.0 cm³/mol. The monoisotopic (exact) mass is 199 g/mol. The summed E-state index contributed by atoms with van der Waals surface area (Å²) in [4.78, 5) is 17.8. The number of rotatable bonds is 0. The fraction of sp³-hybridized carbons (Fsp3) is 0.500. The first kappa shape index (κ1) is 22.7. The van der Waals surface area contributed by atoms with E-state index in [1.165, 1.54) is 0 Å². The van der Waals surface area contributed by atoms with E-state index < -0.39 is 11.9 Å². The fourth-order valence-electron chi connectivity index (χ4n) is 0. The second-order valence-electron chi connectivity index (χ2n) is 0.983. The van der Waals surface area contributed by atoms with Crippen molar-refractivity contribution in [2.24, 2.45) is 0 Å². The number of carboxylic acids is 2. The van der Waals surface area contributed by atoms with Crippen LogP contribution in [0.25, 0.3) is 0 Å². The summed E-state index contributed by atoms with van der Waals surface area (Å²) in [7, 11) is 0. The minimum absolute atomic E-state index is 0. The van der Waals surface area contributed by atoms with Crippen LogP contribution in [0.1, 0.15) is 13.8 Å². The first-order valence-electron chi connectivity index (χ1n) is 1.82. The maximum Gasteiger partial charge on any atom is 1.00 e. The first-order chi connectivity index (χ1) is 3.46. The Labute approximate surface area is 68.8 Å². The summed E-state index contributed by atoms with van der Waals surface area (Å²) in [6, 6.07) is 0. The fourth-order valence-corrected chi connectivity index (χ4v) is 0. The van der Waals surface area contributed by atoms with E-state index in [0.717, 1.165) is 13.8 Å². The summed E-state index contributed by atoms with van der Waals surface area (Å²) >= 11 is 0. The van der Waals surface area contributed by atoms with E-state index in [2.05, 4.69) is 0 Å². The van der Waals surface area contributed by atoms with E-state index >= 15 is 0 Å². The maximum absolute atomic E-state index is 8.89. The third-order valence-electron chi connectivity index (χ3n) is 0. The molecule has 0 aliphatic carbocycles. The van der Waals surface area contributed by atoms with Gasteiger partial charge in [0.25, 0.3) is 0 Å². The summed E-state index contributed by atoms with van der Waals surface area (Å²) in [6.07, 6.45) is 0. The molecule has 0 aliphatic heterocycles. The maximum atomic E-state index is 8.89. The van der Waals surface area contributed by atoms with Crippen LogP contribution in [0.15, 0.2) is 0 Å². The summed E-state index contributed by atoms with van der Waals surface area (Å²) in [5, 5.41) is 17.8. The zero-order chi connectivity index (χ0) is 7.15. The molecule has 0 radical (unpaired) electrons. The van der Waals surface area contributed by atoms with Crippen molar-refractivity contribution in [1.82, 2.24) is 0 Å². The van der Waals surface area contributed by atoms with Crippen molar-refractivity contribution in [1.29, 1.82) is 0 Å². The van der Waals surface area contributed by atoms with Crippen molar-refractivity contribution >= 4 is 11.9 Å². The molecule has 0 rings (SSSR count). The molecule has 66 valence electrons. The second-order valence-corrected chi connectivity index (χ2v) is 0.983. The van der Waals surface area contributed by atoms with Gasteiger partial charge in [-0.15, -0.1) is 0 Å². The largest absolute Gasteiger partial charge is 1.00 e. The minimum Gasteiger partial charge on any atom is -0.550 e. The first-order valence-corrected chi connectivity index (χ1v) is 1.82. The number of carboxylic acid groups (broad SMARTS) is 2. The molecule has 0 amide bonds. The molecule has 0 unspecified atom stereocenters. The molecule has 0 spiro atoms. The SMILES string of the molecule is CC(=O)[O-].CC(=O)[O-].O.[Cu+]. The number of aliphatic carboxylic acids is 2. The number of carbonyl (C=O) groups is 2. The molecule has 0 saturated heterocycles. The quantitative estimate of drug-likeness (QED) is 0.380. The Morgan fingerprint density at radius 2 is 1.00 bits per heavy atom. The van der Waals surface area contributed by atoms with Gasteiger partial charge in [0.2, 0.25) is 0 Å². The standard InChI is InChI=1S/2C2H4O2.Cu.H2O/c2*1-2(3)4;;/h2*1H3,(H,3,4);;1H2/q;;+1;/p-2. The topological polar surface area (TPSA) is 112 Å². The molecule has 0 aromatic rings. The Morgan fingerprint density at radius 3 is 1.00 bits per heavy atom. The van der Waals surface area contributed by atoms with Crippen molar-refractivity contribution in [3.63, 3.8) is 0 Å². The molecule has 0 bridgehead atoms. The molecule has 0 saturated carbocycles. The second kappa shape index (κ2) is 15.8. The molecule has 6 heteroatoms. The third-order valence-corrected chi connectivity index (χ3v) is 0. The Bertz CT molecular complexity index is 71.6. The van der Waals surface area contributed by atoms with Crippen LogP contribution in [0.5, 0.6) is 0 Å². The molecule has 0 aromatic carbocycles. The van der Waals surface area contributed by atoms with Crippen molar-refractivity contribution in [2.75, 3.05) is 0 Å². The average Bonchev–Trinajstić information content (AvgIpc) is 1.25. The predicted octanol–water partition coefficient (Wildman–Crippen LogP) is -3.31. The van der Waals surface area contributed by atoms with Gasteiger partial charge in [-0.2, -0.15) is 0 Å². The van der Waals surface area contributed by atoms with Crippen molar-refractivity contribution in [3.05, 3.63) is 0 Å². The Hall–Kier alpha value is -0.581. The van der Waals surface area contributed by atoms with E-state index in [-0.39, 0.29) is 22.5 Å². The van der Waals surface area contributed by atoms with Gasteiger partial charge in [0, 0.05) is 11.9 Å². The average molecular weight is 200 g/mol. The summed E-state index contributed by atoms with van der Waals surface area (Å²) in [6.45, 7) is 1.94. The van der Waals surface area contributed by atoms with Gasteiger partial charge in [0.15, 0.2) is 0 Å². The molecular weight excluding hydrogens is 192 g/mol. The van der Waals surface area contributed by atoms with Crippen LogP contribution in [-0.4, -0.2) is 17.4 Å². The zero-order valence-electron chi connectivity index (χ0n) is 5.43. The van der Waals surface area contributed by atoms with Gasteiger partial charge in [-0.05, 0) is 13.8 Å². The Morgan fingerprint density at radius 1 is 1.00 bits per heavy atom. The van der Waals surface area contributed by atoms with Crippen molar-refractivity contribution in [2.45, 2.75) is 13.8 Å². The van der Waals surface area contributed by atoms with Crippen LogP contribution in [0, 0.1) is 0 Å². The molecule has 2 N–H and O–H groups in total. The molecular formula is C4H8CuO5-. The van der Waals surface area contributed by atoms with E-state index in [4.69, 9.17) is 19.8 Å². The van der Waals surface area contributed by atoms with E-state index in [0.29, 0.717) is 0 Å². The van der Waals surface area contributed by atoms with E-state index in [1.54, 1.807) is 0 Å². The van der Waals surface area contributed by atoms with Crippen LogP contribution in [-0.2, 0) is 26.7 Å². The molecule has 0 aliphatic rings. The van der Waals surface area contributed by atoms with E-state index in [9.17, 15) is 0 Å². The van der Waals surface area contributed by atoms with Gasteiger partial charge >= 0.3 is 17.1 Å². The number of hydrogen-bond donors (Lipinski definition) is 0. The van der Waals surface area contributed by atoms with Gasteiger partial charge in [-0.25, -0.2) is 0 Å². The molecule has 0 fully saturated rings. The van der Waals surface area contributed by atoms with Crippen molar-refractivity contribution < 1.29 is 42.3 Å². The Kier molecular flexibility index (Phi) is 35.9. The third kappa shape index (κ3) is 907. The van der Waals surface area contributed by atoms with Crippen LogP contribution in [0.2, 0.25) is 0 Å². The molecule has 10 heavy (non-hydrogen) atoms. The normalized spacial score (nSPS) is 5.00. The van der Waals surface area contributed by atoms with Crippen LogP contribution in [0.3, 0.4) is 0 Å². The van der Waals surface area contributed by atoms with Crippen LogP contribution in [0.4, 0.5) is 0 Å². The van der Waals surface area contributed by atoms with Gasteiger partial charge < -0.3 is 25.3 Å². The summed E-state index contributed by atoms with van der Waals surface area (Å²) < 4.78 is 0. The van der Waals surface area contributed by atoms with E-state index in [1.807, 2.05) is 0 Å². The molecule has 0 aromatic heterocycles. The number of carbonyl (C=O) groups excluding carboxylic acids is 2. The van der Waals surface area contributed by atoms with Crippen molar-refractivity contribution in [3.8, 4) is 0 Å². The van der Waals surface area contributed by atoms with Crippen LogP contribution >= 0.6 is 0 Å². The van der Waals surface area contributed by atoms with Gasteiger partial charge in [0.05, 0.1) is 0 Å². The smallest absolute Gasteiger partial charge is 0.550 e. The zero-order valence-corrected chi connectivity index (χ0v) is 6.38. The van der Waals surface area contributed by atoms with Crippen LogP contribution < -0.4 is 10.2 Å². The molecule has 0 atom stereocenters. The summed E-state index contributed by atoms with van der Waals surface area (Å²) in [5.41, 5.74) is 0. The Balaban J connectivity index is -0.0000000300. The molecule has 0 heterocycles. The number of hydrogen-bond acceptors (Lipinski definition) is 4. The van der Waals surface area contributed by atoms with Gasteiger partial charge in [0.1, 0.15) is 0 Å². The van der Waals surface area contributed by atoms with Gasteiger partial charge in [-0.1, -0.05) is 0 Å². The minimum atomic E-state index is -1.08. The van der Waals surface area contributed by atoms with Gasteiger partial charge in [-0.3, -0.25) is 0 Å².